The number of fused-ring (bicyclic) bond motifs is 11. The first kappa shape index (κ1) is 28.0. The van der Waals surface area contributed by atoms with E-state index in [0.29, 0.717) is 0 Å². The van der Waals surface area contributed by atoms with Crippen LogP contribution in [0.4, 0.5) is 0 Å². The smallest absolute Gasteiger partial charge is 0.171 e. The average molecular weight is 645 g/mol. The van der Waals surface area contributed by atoms with Crippen molar-refractivity contribution >= 4 is 83.0 Å². The van der Waals surface area contributed by atoms with Crippen LogP contribution in [-0.2, 0) is 4.57 Å². The first-order chi connectivity index (χ1) is 24.2. The lowest BCUT2D eigenvalue weighted by Crippen LogP contribution is -2.24. The molecule has 3 nitrogen and oxygen atoms in total. The Balaban J connectivity index is 1.16. The van der Waals surface area contributed by atoms with Crippen LogP contribution in [0.2, 0.25) is 0 Å². The van der Waals surface area contributed by atoms with Crippen molar-refractivity contribution in [1.82, 2.24) is 9.38 Å². The van der Waals surface area contributed by atoms with Gasteiger partial charge in [-0.3, -0.25) is 4.40 Å². The van der Waals surface area contributed by atoms with Crippen LogP contribution >= 0.6 is 7.14 Å². The van der Waals surface area contributed by atoms with Crippen LogP contribution in [0.1, 0.15) is 0 Å². The van der Waals surface area contributed by atoms with E-state index in [1.807, 2.05) is 66.7 Å². The van der Waals surface area contributed by atoms with Gasteiger partial charge in [0.1, 0.15) is 5.65 Å². The van der Waals surface area contributed by atoms with E-state index in [2.05, 4.69) is 114 Å². The number of pyridine rings is 1. The summed E-state index contributed by atoms with van der Waals surface area (Å²) < 4.78 is 17.3. The molecule has 2 heterocycles. The first-order valence-electron chi connectivity index (χ1n) is 16.6. The summed E-state index contributed by atoms with van der Waals surface area (Å²) in [4.78, 5) is 5.16. The second-order valence-electron chi connectivity index (χ2n) is 12.7. The highest BCUT2D eigenvalue weighted by Crippen LogP contribution is 2.43. The maximum absolute atomic E-state index is 15.0. The van der Waals surface area contributed by atoms with E-state index >= 15 is 4.57 Å². The van der Waals surface area contributed by atoms with E-state index in [-0.39, 0.29) is 0 Å². The van der Waals surface area contributed by atoms with Crippen molar-refractivity contribution < 1.29 is 4.57 Å². The molecule has 0 fully saturated rings. The van der Waals surface area contributed by atoms with Gasteiger partial charge >= 0.3 is 0 Å². The molecule has 10 rings (SSSR count). The number of para-hydroxylation sites is 2. The molecule has 0 spiro atoms. The Morgan fingerprint density at radius 1 is 0.429 bits per heavy atom. The summed E-state index contributed by atoms with van der Waals surface area (Å²) in [5, 5.41) is 10.7. The predicted molar refractivity (Wildman–Crippen MR) is 208 cm³/mol. The third kappa shape index (κ3) is 4.23. The van der Waals surface area contributed by atoms with E-state index in [1.165, 1.54) is 26.9 Å². The van der Waals surface area contributed by atoms with Gasteiger partial charge in [-0.25, -0.2) is 4.98 Å². The first-order valence-corrected chi connectivity index (χ1v) is 18.3. The molecule has 0 aliphatic rings. The van der Waals surface area contributed by atoms with Crippen LogP contribution in [0.3, 0.4) is 0 Å². The van der Waals surface area contributed by atoms with Gasteiger partial charge in [-0.1, -0.05) is 140 Å². The van der Waals surface area contributed by atoms with Crippen molar-refractivity contribution in [1.29, 1.82) is 0 Å². The molecule has 0 radical (unpaired) electrons. The molecule has 2 aromatic heterocycles. The minimum atomic E-state index is -3.06. The topological polar surface area (TPSA) is 34.4 Å². The minimum absolute atomic E-state index is 0.839. The van der Waals surface area contributed by atoms with Gasteiger partial charge in [0.2, 0.25) is 0 Å². The van der Waals surface area contributed by atoms with Gasteiger partial charge in [-0.15, -0.1) is 0 Å². The van der Waals surface area contributed by atoms with E-state index in [0.717, 1.165) is 60.0 Å². The fourth-order valence-electron chi connectivity index (χ4n) is 7.63. The van der Waals surface area contributed by atoms with E-state index in [9.17, 15) is 0 Å². The number of hydrogen-bond acceptors (Lipinski definition) is 2. The van der Waals surface area contributed by atoms with Crippen molar-refractivity contribution in [3.8, 4) is 11.1 Å². The Hall–Kier alpha value is -6.02. The van der Waals surface area contributed by atoms with Gasteiger partial charge < -0.3 is 4.57 Å². The van der Waals surface area contributed by atoms with E-state index in [1.54, 1.807) is 0 Å². The van der Waals surface area contributed by atoms with Crippen LogP contribution in [0.25, 0.3) is 71.0 Å². The van der Waals surface area contributed by atoms with E-state index < -0.39 is 7.14 Å². The van der Waals surface area contributed by atoms with Crippen LogP contribution in [0.15, 0.2) is 176 Å². The number of imidazole rings is 1. The van der Waals surface area contributed by atoms with Gasteiger partial charge in [-0.2, -0.15) is 0 Å². The Labute approximate surface area is 283 Å². The van der Waals surface area contributed by atoms with Crippen molar-refractivity contribution in [3.63, 3.8) is 0 Å². The summed E-state index contributed by atoms with van der Waals surface area (Å²) in [7, 11) is -3.06. The number of benzene rings is 8. The van der Waals surface area contributed by atoms with Crippen molar-refractivity contribution in [2.24, 2.45) is 0 Å². The molecule has 0 amide bonds. The Kier molecular flexibility index (Phi) is 6.15. The Bertz CT molecular complexity index is 2920. The van der Waals surface area contributed by atoms with Crippen molar-refractivity contribution in [2.45, 2.75) is 0 Å². The number of nitrogens with zero attached hydrogens (tertiary/aromatic N) is 2. The average Bonchev–Trinajstić information content (AvgIpc) is 3.57. The SMILES string of the molecule is O=P(c1ccccc1)(c1ccccc1)c1ccc2cc(-c3ccc4c(c3)c3ccc5ccccc5c3c3nc5ccccc5n43)ccc2c1. The zero-order chi connectivity index (χ0) is 32.5. The normalized spacial score (nSPS) is 12.2. The molecule has 230 valence electrons. The van der Waals surface area contributed by atoms with Crippen LogP contribution < -0.4 is 15.9 Å². The third-order valence-corrected chi connectivity index (χ3v) is 13.1. The minimum Gasteiger partial charge on any atom is -0.309 e. The molecule has 0 atom stereocenters. The molecule has 10 aromatic rings. The van der Waals surface area contributed by atoms with Crippen molar-refractivity contribution in [2.75, 3.05) is 0 Å². The maximum atomic E-state index is 15.0. The maximum Gasteiger partial charge on any atom is 0.171 e. The summed E-state index contributed by atoms with van der Waals surface area (Å²) in [6, 6.07) is 60.9. The summed E-state index contributed by atoms with van der Waals surface area (Å²) >= 11 is 0. The standard InChI is InChI=1S/C45H29N2OP/c48-49(35-12-3-1-4-13-35,36-14-5-2-6-15-36)37-24-21-32-27-31(19-20-33(32)28-37)34-23-26-42-40(29-34)39-25-22-30-11-7-8-16-38(30)44(39)45-46-41-17-9-10-18-43(41)47(42)45/h1-29H. The molecule has 0 aliphatic carbocycles. The highest BCUT2D eigenvalue weighted by Gasteiger charge is 2.29. The number of aromatic nitrogens is 2. The number of hydrogen-bond donors (Lipinski definition) is 0. The van der Waals surface area contributed by atoms with Crippen molar-refractivity contribution in [3.05, 3.63) is 176 Å². The summed E-state index contributed by atoms with van der Waals surface area (Å²) in [5.41, 5.74) is 6.51. The lowest BCUT2D eigenvalue weighted by molar-refractivity contribution is 0.592. The van der Waals surface area contributed by atoms with Gasteiger partial charge in [-0.05, 0) is 74.5 Å². The zero-order valence-corrected chi connectivity index (χ0v) is 27.4. The van der Waals surface area contributed by atoms with Crippen LogP contribution in [-0.4, -0.2) is 9.38 Å². The zero-order valence-electron chi connectivity index (χ0n) is 26.5. The van der Waals surface area contributed by atoms with Crippen LogP contribution in [0, 0.1) is 0 Å². The summed E-state index contributed by atoms with van der Waals surface area (Å²) in [6.07, 6.45) is 0. The van der Waals surface area contributed by atoms with E-state index in [4.69, 9.17) is 4.98 Å². The molecule has 8 aromatic carbocycles. The van der Waals surface area contributed by atoms with Gasteiger partial charge in [0.05, 0.1) is 16.6 Å². The molecule has 0 saturated heterocycles. The highest BCUT2D eigenvalue weighted by molar-refractivity contribution is 7.85. The predicted octanol–water partition coefficient (Wildman–Crippen LogP) is 10.4. The molecule has 0 bridgehead atoms. The quantitative estimate of drug-likeness (QED) is 0.141. The van der Waals surface area contributed by atoms with Gasteiger partial charge in [0, 0.05) is 26.7 Å². The fourth-order valence-corrected chi connectivity index (χ4v) is 10.3. The molecular weight excluding hydrogens is 615 g/mol. The molecule has 4 heteroatoms. The van der Waals surface area contributed by atoms with Gasteiger partial charge in [0.15, 0.2) is 7.14 Å². The van der Waals surface area contributed by atoms with Crippen LogP contribution in [0.5, 0.6) is 0 Å². The molecule has 0 saturated carbocycles. The largest absolute Gasteiger partial charge is 0.309 e. The lowest BCUT2D eigenvalue weighted by Gasteiger charge is -2.20. The molecule has 49 heavy (non-hydrogen) atoms. The highest BCUT2D eigenvalue weighted by atomic mass is 31.2. The lowest BCUT2D eigenvalue weighted by atomic mass is 9.96. The third-order valence-electron chi connectivity index (χ3n) is 10.0. The Morgan fingerprint density at radius 2 is 1.06 bits per heavy atom. The molecular formula is C45H29N2OP. The summed E-state index contributed by atoms with van der Waals surface area (Å²) in [6.45, 7) is 0. The second kappa shape index (κ2) is 10.8. The molecule has 0 N–H and O–H groups in total. The Morgan fingerprint density at radius 3 is 1.88 bits per heavy atom. The van der Waals surface area contributed by atoms with Gasteiger partial charge in [0.25, 0.3) is 0 Å². The number of rotatable bonds is 4. The molecule has 0 aliphatic heterocycles. The molecule has 0 unspecified atom stereocenters. The monoisotopic (exact) mass is 644 g/mol. The second-order valence-corrected chi connectivity index (χ2v) is 15.5. The fraction of sp³-hybridized carbons (Fsp3) is 0. The summed E-state index contributed by atoms with van der Waals surface area (Å²) in [5.74, 6) is 0.